The van der Waals surface area contributed by atoms with Crippen LogP contribution in [0.3, 0.4) is 0 Å². The Bertz CT molecular complexity index is 1410. The van der Waals surface area contributed by atoms with E-state index in [9.17, 15) is 18.0 Å². The average Bonchev–Trinajstić information content (AvgIpc) is 3.52. The van der Waals surface area contributed by atoms with Gasteiger partial charge in [-0.25, -0.2) is 9.37 Å². The Morgan fingerprint density at radius 2 is 1.94 bits per heavy atom. The molecule has 5 nitrogen and oxygen atoms in total. The molecule has 1 aliphatic carbocycles. The van der Waals surface area contributed by atoms with Crippen LogP contribution >= 0.6 is 11.3 Å². The topological polar surface area (TPSA) is 52.8 Å². The third-order valence-corrected chi connectivity index (χ3v) is 6.20. The summed E-state index contributed by atoms with van der Waals surface area (Å²) < 4.78 is 51.0. The number of alkyl halides is 2. The first-order valence-electron chi connectivity index (χ1n) is 10.6. The van der Waals surface area contributed by atoms with Gasteiger partial charge in [0.1, 0.15) is 5.75 Å². The predicted molar refractivity (Wildman–Crippen MR) is 125 cm³/mol. The number of fused-ring (bicyclic) bond motifs is 1. The number of halogens is 3. The van der Waals surface area contributed by atoms with Crippen LogP contribution in [0.2, 0.25) is 0 Å². The maximum absolute atomic E-state index is 14.5. The Morgan fingerprint density at radius 3 is 2.68 bits per heavy atom. The zero-order valence-electron chi connectivity index (χ0n) is 17.8. The van der Waals surface area contributed by atoms with Gasteiger partial charge in [-0.15, -0.1) is 11.3 Å². The summed E-state index contributed by atoms with van der Waals surface area (Å²) in [6, 6.07) is 10.5. The molecule has 0 aliphatic heterocycles. The van der Waals surface area contributed by atoms with Gasteiger partial charge in [0, 0.05) is 17.1 Å². The predicted octanol–water partition coefficient (Wildman–Crippen LogP) is 6.12. The van der Waals surface area contributed by atoms with E-state index < -0.39 is 12.4 Å². The van der Waals surface area contributed by atoms with Crippen molar-refractivity contribution in [2.45, 2.75) is 19.5 Å². The normalized spacial score (nSPS) is 13.8. The lowest BCUT2D eigenvalue weighted by molar-refractivity contribution is -0.0498. The third kappa shape index (κ3) is 4.70. The van der Waals surface area contributed by atoms with Crippen LogP contribution in [0.15, 0.2) is 58.8 Å². The second-order valence-corrected chi connectivity index (χ2v) is 8.75. The number of thiazole rings is 1. The van der Waals surface area contributed by atoms with Crippen molar-refractivity contribution < 1.29 is 22.6 Å². The Labute approximate surface area is 196 Å². The number of aromatic nitrogens is 2. The molecule has 0 spiro atoms. The minimum atomic E-state index is -2.94. The molecule has 2 aromatic heterocycles. The maximum Gasteiger partial charge on any atom is 0.387 e. The molecule has 1 saturated carbocycles. The Morgan fingerprint density at radius 1 is 1.15 bits per heavy atom. The first-order chi connectivity index (χ1) is 16.5. The van der Waals surface area contributed by atoms with E-state index >= 15 is 0 Å². The van der Waals surface area contributed by atoms with E-state index in [1.807, 2.05) is 0 Å². The van der Waals surface area contributed by atoms with Crippen LogP contribution in [0, 0.1) is 11.7 Å². The quantitative estimate of drug-likeness (QED) is 0.302. The molecule has 4 aromatic rings. The molecule has 2 heterocycles. The number of ether oxygens (including phenoxy) is 2. The molecule has 0 bridgehead atoms. The minimum Gasteiger partial charge on any atom is -0.490 e. The summed E-state index contributed by atoms with van der Waals surface area (Å²) in [4.78, 5) is 18.3. The van der Waals surface area contributed by atoms with Crippen LogP contribution in [0.1, 0.15) is 24.1 Å². The van der Waals surface area contributed by atoms with E-state index in [1.165, 1.54) is 46.1 Å². The summed E-state index contributed by atoms with van der Waals surface area (Å²) >= 11 is 1.30. The van der Waals surface area contributed by atoms with Crippen molar-refractivity contribution in [1.82, 2.24) is 9.38 Å². The Kier molecular flexibility index (Phi) is 6.10. The zero-order chi connectivity index (χ0) is 23.7. The number of nitrogens with zero attached hydrogens (tertiary/aromatic N) is 2. The van der Waals surface area contributed by atoms with Crippen LogP contribution < -0.4 is 15.0 Å². The fourth-order valence-corrected chi connectivity index (χ4v) is 4.27. The molecule has 1 aliphatic rings. The van der Waals surface area contributed by atoms with E-state index in [4.69, 9.17) is 4.74 Å². The van der Waals surface area contributed by atoms with Gasteiger partial charge in [0.05, 0.1) is 17.9 Å². The van der Waals surface area contributed by atoms with Gasteiger partial charge in [0.2, 0.25) is 0 Å². The van der Waals surface area contributed by atoms with E-state index in [-0.39, 0.29) is 22.6 Å². The third-order valence-electron chi connectivity index (χ3n) is 5.44. The molecule has 0 unspecified atom stereocenters. The van der Waals surface area contributed by atoms with E-state index in [2.05, 4.69) is 9.72 Å². The van der Waals surface area contributed by atoms with E-state index in [0.29, 0.717) is 34.3 Å². The molecular weight excluding hydrogens is 465 g/mol. The van der Waals surface area contributed by atoms with Crippen LogP contribution in [-0.4, -0.2) is 22.6 Å². The molecule has 2 aromatic carbocycles. The second-order valence-electron chi connectivity index (χ2n) is 7.88. The highest BCUT2D eigenvalue weighted by atomic mass is 32.1. The smallest absolute Gasteiger partial charge is 0.387 e. The fraction of sp³-hybridized carbons (Fsp3) is 0.200. The summed E-state index contributed by atoms with van der Waals surface area (Å²) in [5.41, 5.74) is 1.36. The van der Waals surface area contributed by atoms with Crippen LogP contribution in [0.5, 0.6) is 11.5 Å². The SMILES string of the molecule is O=c1c(-c2ccc(OC(F)F)cc2)c(C=Cc2cccc(F)c2OCC2CC2)nc2sccn12. The number of hydrogen-bond acceptors (Lipinski definition) is 5. The molecular formula is C25H19F3N2O3S. The molecule has 0 amide bonds. The van der Waals surface area contributed by atoms with Gasteiger partial charge >= 0.3 is 6.61 Å². The molecule has 5 rings (SSSR count). The Balaban J connectivity index is 1.56. The van der Waals surface area contributed by atoms with E-state index in [1.54, 1.807) is 35.9 Å². The summed E-state index contributed by atoms with van der Waals surface area (Å²) in [5.74, 6) is 0.148. The van der Waals surface area contributed by atoms with Crippen molar-refractivity contribution in [2.75, 3.05) is 6.61 Å². The highest BCUT2D eigenvalue weighted by molar-refractivity contribution is 7.15. The maximum atomic E-state index is 14.5. The standard InChI is InChI=1S/C25H19F3N2O3S/c26-19-3-1-2-17(22(19)32-14-15-4-5-15)8-11-20-21(23(31)30-12-13-34-25(30)29-20)16-6-9-18(10-7-16)33-24(27)28/h1-3,6-13,15,24H,4-5,14H2. The number of hydrogen-bond donors (Lipinski definition) is 0. The van der Waals surface area contributed by atoms with Crippen LogP contribution in [0.4, 0.5) is 13.2 Å². The monoisotopic (exact) mass is 484 g/mol. The molecule has 34 heavy (non-hydrogen) atoms. The van der Waals surface area contributed by atoms with Crippen molar-refractivity contribution in [3.63, 3.8) is 0 Å². The van der Waals surface area contributed by atoms with Crippen molar-refractivity contribution >= 4 is 28.4 Å². The number of benzene rings is 2. The van der Waals surface area contributed by atoms with Crippen molar-refractivity contribution in [2.24, 2.45) is 5.92 Å². The highest BCUT2D eigenvalue weighted by Crippen LogP contribution is 2.32. The summed E-state index contributed by atoms with van der Waals surface area (Å²) in [6.45, 7) is -2.48. The summed E-state index contributed by atoms with van der Waals surface area (Å²) in [6.07, 6.45) is 7.09. The number of para-hydroxylation sites is 1. The van der Waals surface area contributed by atoms with Gasteiger partial charge in [0.15, 0.2) is 16.5 Å². The molecule has 0 radical (unpaired) electrons. The lowest BCUT2D eigenvalue weighted by Gasteiger charge is -2.10. The van der Waals surface area contributed by atoms with Crippen LogP contribution in [0.25, 0.3) is 28.2 Å². The molecule has 9 heteroatoms. The fourth-order valence-electron chi connectivity index (χ4n) is 3.55. The molecule has 174 valence electrons. The van der Waals surface area contributed by atoms with Crippen molar-refractivity contribution in [1.29, 1.82) is 0 Å². The van der Waals surface area contributed by atoms with Crippen molar-refractivity contribution in [3.05, 3.63) is 81.5 Å². The zero-order valence-corrected chi connectivity index (χ0v) is 18.6. The van der Waals surface area contributed by atoms with Crippen molar-refractivity contribution in [3.8, 4) is 22.6 Å². The molecule has 0 atom stereocenters. The first-order valence-corrected chi connectivity index (χ1v) is 11.5. The van der Waals surface area contributed by atoms with Gasteiger partial charge in [-0.05, 0) is 54.7 Å². The number of rotatable bonds is 8. The molecule has 0 N–H and O–H groups in total. The van der Waals surface area contributed by atoms with Crippen LogP contribution in [-0.2, 0) is 0 Å². The van der Waals surface area contributed by atoms with E-state index in [0.717, 1.165) is 12.8 Å². The van der Waals surface area contributed by atoms with Gasteiger partial charge < -0.3 is 9.47 Å². The first kappa shape index (κ1) is 22.2. The largest absolute Gasteiger partial charge is 0.490 e. The second kappa shape index (κ2) is 9.34. The highest BCUT2D eigenvalue weighted by Gasteiger charge is 2.23. The molecule has 1 fully saturated rings. The summed E-state index contributed by atoms with van der Waals surface area (Å²) in [5, 5.41) is 1.75. The Hall–Kier alpha value is -3.59. The molecule has 0 saturated heterocycles. The van der Waals surface area contributed by atoms with Gasteiger partial charge in [-0.1, -0.05) is 24.3 Å². The minimum absolute atomic E-state index is 0.0160. The summed E-state index contributed by atoms with van der Waals surface area (Å²) in [7, 11) is 0. The van der Waals surface area contributed by atoms with Gasteiger partial charge in [0.25, 0.3) is 5.56 Å². The average molecular weight is 484 g/mol. The van der Waals surface area contributed by atoms with Gasteiger partial charge in [-0.2, -0.15) is 8.78 Å². The lowest BCUT2D eigenvalue weighted by Crippen LogP contribution is -2.17. The van der Waals surface area contributed by atoms with Gasteiger partial charge in [-0.3, -0.25) is 9.20 Å². The lowest BCUT2D eigenvalue weighted by atomic mass is 10.0.